The molecule has 0 fully saturated rings. The highest BCUT2D eigenvalue weighted by Crippen LogP contribution is 2.39. The van der Waals surface area contributed by atoms with Crippen LogP contribution in [-0.4, -0.2) is 53.9 Å². The first-order valence-electron chi connectivity index (χ1n) is 11.8. The van der Waals surface area contributed by atoms with Crippen molar-refractivity contribution < 1.29 is 19.0 Å². The fourth-order valence-electron chi connectivity index (χ4n) is 3.71. The molecule has 2 unspecified atom stereocenters. The lowest BCUT2D eigenvalue weighted by Crippen LogP contribution is -2.40. The highest BCUT2D eigenvalue weighted by Gasteiger charge is 2.36. The van der Waals surface area contributed by atoms with Gasteiger partial charge in [0.05, 0.1) is 23.7 Å². The molecule has 3 N–H and O–H groups in total. The van der Waals surface area contributed by atoms with Crippen LogP contribution in [0.5, 0.6) is 0 Å². The highest BCUT2D eigenvalue weighted by molar-refractivity contribution is 5.95. The molecule has 1 heterocycles. The molecule has 1 aliphatic heterocycles. The van der Waals surface area contributed by atoms with E-state index in [-0.39, 0.29) is 17.6 Å². The summed E-state index contributed by atoms with van der Waals surface area (Å²) in [6.45, 7) is 15.4. The summed E-state index contributed by atoms with van der Waals surface area (Å²) in [5.41, 5.74) is 1.30. The molecule has 1 aromatic rings. The number of halogens is 1. The second kappa shape index (κ2) is 13.5. The Hall–Kier alpha value is -2.35. The molecular formula is C27H42FN3O3. The molecule has 0 aromatic heterocycles. The van der Waals surface area contributed by atoms with Crippen LogP contribution in [0.3, 0.4) is 0 Å². The van der Waals surface area contributed by atoms with Gasteiger partial charge in [-0.3, -0.25) is 4.79 Å². The number of amides is 1. The van der Waals surface area contributed by atoms with E-state index in [2.05, 4.69) is 23.7 Å². The number of allylic oxidation sites excluding steroid dienone is 3. The summed E-state index contributed by atoms with van der Waals surface area (Å²) >= 11 is 0. The first-order valence-corrected chi connectivity index (χ1v) is 11.8. The van der Waals surface area contributed by atoms with Crippen LogP contribution < -0.4 is 5.32 Å². The van der Waals surface area contributed by atoms with Crippen LogP contribution in [0.4, 0.5) is 4.39 Å². The van der Waals surface area contributed by atoms with Crippen molar-refractivity contribution in [3.8, 4) is 0 Å². The molecule has 1 aliphatic rings. The predicted octanol–water partition coefficient (Wildman–Crippen LogP) is 4.57. The van der Waals surface area contributed by atoms with Crippen molar-refractivity contribution in [1.82, 2.24) is 10.2 Å². The zero-order chi connectivity index (χ0) is 25.9. The summed E-state index contributed by atoms with van der Waals surface area (Å²) in [6, 6.07) is 4.83. The van der Waals surface area contributed by atoms with Crippen molar-refractivity contribution in [3.63, 3.8) is 0 Å². The second-order valence-corrected chi connectivity index (χ2v) is 9.77. The molecule has 0 aliphatic carbocycles. The minimum Gasteiger partial charge on any atom is -0.391 e. The van der Waals surface area contributed by atoms with Crippen molar-refractivity contribution in [2.45, 2.75) is 65.3 Å². The number of fused-ring (bicyclic) bond motifs is 1. The molecule has 1 amide bonds. The summed E-state index contributed by atoms with van der Waals surface area (Å²) in [6.07, 6.45) is 6.05. The van der Waals surface area contributed by atoms with Gasteiger partial charge in [0, 0.05) is 32.3 Å². The first kappa shape index (κ1) is 29.7. The van der Waals surface area contributed by atoms with Crippen molar-refractivity contribution in [2.75, 3.05) is 26.7 Å². The number of ether oxygens (including phenoxy) is 1. The number of carbonyl (C=O) groups excluding carboxylic acids is 1. The molecular weight excluding hydrogens is 433 g/mol. The Bertz CT molecular complexity index is 857. The van der Waals surface area contributed by atoms with E-state index >= 15 is 0 Å². The maximum atomic E-state index is 13.7. The lowest BCUT2D eigenvalue weighted by Gasteiger charge is -2.30. The zero-order valence-electron chi connectivity index (χ0n) is 21.6. The SMILES string of the molecule is C=C/C=C\C(=N)CC(CN(CC)CCC1(C)OCc2ccc(F)cc21)C(=O)NC.CC(C)(C)O. The van der Waals surface area contributed by atoms with E-state index in [1.807, 2.05) is 6.92 Å². The molecule has 0 saturated carbocycles. The Labute approximate surface area is 204 Å². The highest BCUT2D eigenvalue weighted by atomic mass is 19.1. The largest absolute Gasteiger partial charge is 0.391 e. The summed E-state index contributed by atoms with van der Waals surface area (Å²) < 4.78 is 19.8. The molecule has 7 heteroatoms. The lowest BCUT2D eigenvalue weighted by molar-refractivity contribution is -0.125. The molecule has 34 heavy (non-hydrogen) atoms. The summed E-state index contributed by atoms with van der Waals surface area (Å²) in [7, 11) is 1.62. The van der Waals surface area contributed by atoms with Crippen molar-refractivity contribution in [2.24, 2.45) is 5.92 Å². The average Bonchev–Trinajstić information content (AvgIpc) is 3.08. The molecule has 190 valence electrons. The van der Waals surface area contributed by atoms with E-state index in [4.69, 9.17) is 15.3 Å². The molecule has 0 saturated heterocycles. The third kappa shape index (κ3) is 10.3. The van der Waals surface area contributed by atoms with Gasteiger partial charge in [0.1, 0.15) is 5.82 Å². The van der Waals surface area contributed by atoms with Crippen LogP contribution >= 0.6 is 0 Å². The van der Waals surface area contributed by atoms with E-state index < -0.39 is 11.2 Å². The van der Waals surface area contributed by atoms with Gasteiger partial charge >= 0.3 is 0 Å². The van der Waals surface area contributed by atoms with Crippen molar-refractivity contribution in [1.29, 1.82) is 5.41 Å². The molecule has 0 bridgehead atoms. The number of rotatable bonds is 11. The van der Waals surface area contributed by atoms with Crippen LogP contribution in [0.2, 0.25) is 0 Å². The fraction of sp³-hybridized carbons (Fsp3) is 0.556. The van der Waals surface area contributed by atoms with Crippen molar-refractivity contribution >= 4 is 11.6 Å². The van der Waals surface area contributed by atoms with Crippen LogP contribution in [0.1, 0.15) is 58.6 Å². The Kier molecular flexibility index (Phi) is 11.8. The third-order valence-corrected chi connectivity index (χ3v) is 5.54. The molecule has 0 spiro atoms. The van der Waals surface area contributed by atoms with Gasteiger partial charge in [-0.2, -0.15) is 0 Å². The number of nitrogens with zero attached hydrogens (tertiary/aromatic N) is 1. The summed E-state index contributed by atoms with van der Waals surface area (Å²) in [5, 5.41) is 19.3. The monoisotopic (exact) mass is 475 g/mol. The Morgan fingerprint density at radius 2 is 2.09 bits per heavy atom. The number of nitrogens with one attached hydrogen (secondary N) is 2. The Balaban J connectivity index is 0.00000104. The van der Waals surface area contributed by atoms with Crippen molar-refractivity contribution in [3.05, 3.63) is 60.0 Å². The fourth-order valence-corrected chi connectivity index (χ4v) is 3.71. The quantitative estimate of drug-likeness (QED) is 0.323. The van der Waals surface area contributed by atoms with E-state index in [0.717, 1.165) is 17.7 Å². The number of carbonyl (C=O) groups is 1. The smallest absolute Gasteiger partial charge is 0.224 e. The molecule has 1 aromatic carbocycles. The van der Waals surface area contributed by atoms with Gasteiger partial charge in [-0.1, -0.05) is 31.7 Å². The van der Waals surface area contributed by atoms with Gasteiger partial charge in [0.15, 0.2) is 0 Å². The lowest BCUT2D eigenvalue weighted by atomic mass is 9.90. The maximum absolute atomic E-state index is 13.7. The van der Waals surface area contributed by atoms with E-state index in [1.165, 1.54) is 6.07 Å². The second-order valence-electron chi connectivity index (χ2n) is 9.77. The minimum atomic E-state index is -0.535. The standard InChI is InChI=1S/C23H32FN3O2.C4H10O/c1-5-7-8-20(25)13-18(22(28)26-4)15-27(6-2)12-11-23(3)21-14-19(24)10-9-17(21)16-29-23;1-4(2,3)5/h5,7-10,14,18,25H,1,6,11-13,15-16H2,2-4H3,(H,26,28);5H,1-3H3/b8-7-,25-20?;. The van der Waals surface area contributed by atoms with Gasteiger partial charge in [-0.25, -0.2) is 4.39 Å². The normalized spacial score (nSPS) is 18.3. The number of aliphatic hydroxyl groups is 1. The van der Waals surface area contributed by atoms with Crippen LogP contribution in [0, 0.1) is 17.1 Å². The van der Waals surface area contributed by atoms with Gasteiger partial charge in [-0.15, -0.1) is 0 Å². The summed E-state index contributed by atoms with van der Waals surface area (Å²) in [4.78, 5) is 14.5. The molecule has 2 rings (SSSR count). The minimum absolute atomic E-state index is 0.0732. The van der Waals surface area contributed by atoms with Crippen LogP contribution in [0.15, 0.2) is 43.0 Å². The average molecular weight is 476 g/mol. The first-order chi connectivity index (χ1) is 15.8. The topological polar surface area (TPSA) is 85.7 Å². The number of benzene rings is 1. The van der Waals surface area contributed by atoms with Gasteiger partial charge < -0.3 is 25.5 Å². The van der Waals surface area contributed by atoms with Gasteiger partial charge in [0.25, 0.3) is 0 Å². The summed E-state index contributed by atoms with van der Waals surface area (Å²) in [5.74, 6) is -0.640. The molecule has 0 radical (unpaired) electrons. The number of hydrogen-bond acceptors (Lipinski definition) is 5. The Morgan fingerprint density at radius 1 is 1.44 bits per heavy atom. The van der Waals surface area contributed by atoms with E-state index in [1.54, 1.807) is 58.2 Å². The Morgan fingerprint density at radius 3 is 2.65 bits per heavy atom. The maximum Gasteiger partial charge on any atom is 0.224 e. The van der Waals surface area contributed by atoms with E-state index in [0.29, 0.717) is 38.2 Å². The molecule has 2 atom stereocenters. The van der Waals surface area contributed by atoms with E-state index in [9.17, 15) is 9.18 Å². The third-order valence-electron chi connectivity index (χ3n) is 5.54. The van der Waals surface area contributed by atoms with Crippen LogP contribution in [0.25, 0.3) is 0 Å². The van der Waals surface area contributed by atoms with Gasteiger partial charge in [0.2, 0.25) is 5.91 Å². The van der Waals surface area contributed by atoms with Crippen LogP contribution in [-0.2, 0) is 21.7 Å². The molecule has 6 nitrogen and oxygen atoms in total. The number of hydrogen-bond donors (Lipinski definition) is 3. The van der Waals surface area contributed by atoms with Gasteiger partial charge in [-0.05, 0) is 70.0 Å². The predicted molar refractivity (Wildman–Crippen MR) is 136 cm³/mol. The zero-order valence-corrected chi connectivity index (χ0v) is 21.6.